The molecule has 0 bridgehead atoms. The number of piperidine rings is 1. The van der Waals surface area contributed by atoms with E-state index in [9.17, 15) is 0 Å². The first kappa shape index (κ1) is 11.2. The van der Waals surface area contributed by atoms with Crippen molar-refractivity contribution in [3.63, 3.8) is 0 Å². The van der Waals surface area contributed by atoms with Crippen molar-refractivity contribution < 1.29 is 4.74 Å². The van der Waals surface area contributed by atoms with Gasteiger partial charge in [0.25, 0.3) is 0 Å². The lowest BCUT2D eigenvalue weighted by Crippen LogP contribution is -2.31. The van der Waals surface area contributed by atoms with Crippen molar-refractivity contribution in [2.24, 2.45) is 0 Å². The van der Waals surface area contributed by atoms with Gasteiger partial charge in [-0.3, -0.25) is 0 Å². The van der Waals surface area contributed by atoms with Crippen LogP contribution in [0.2, 0.25) is 0 Å². The highest BCUT2D eigenvalue weighted by Gasteiger charge is 2.28. The number of hydrogen-bond donors (Lipinski definition) is 1. The van der Waals surface area contributed by atoms with Gasteiger partial charge in [0.15, 0.2) is 0 Å². The van der Waals surface area contributed by atoms with Crippen molar-refractivity contribution >= 4 is 0 Å². The topological polar surface area (TPSA) is 52.0 Å². The summed E-state index contributed by atoms with van der Waals surface area (Å²) in [6, 6.07) is 0.571. The Kier molecular flexibility index (Phi) is 3.11. The zero-order chi connectivity index (χ0) is 11.7. The number of nitrogens with zero attached hydrogens (tertiary/aromatic N) is 3. The maximum absolute atomic E-state index is 5.47. The van der Waals surface area contributed by atoms with E-state index in [2.05, 4.69) is 27.0 Å². The number of nitrogens with one attached hydrogen (secondary N) is 1. The molecule has 5 nitrogen and oxygen atoms in total. The van der Waals surface area contributed by atoms with Crippen molar-refractivity contribution in [2.75, 3.05) is 26.3 Å². The van der Waals surface area contributed by atoms with Gasteiger partial charge >= 0.3 is 0 Å². The van der Waals surface area contributed by atoms with Crippen molar-refractivity contribution in [1.29, 1.82) is 0 Å². The molecule has 0 saturated carbocycles. The van der Waals surface area contributed by atoms with Crippen LogP contribution in [0.4, 0.5) is 0 Å². The molecule has 1 aromatic rings. The summed E-state index contributed by atoms with van der Waals surface area (Å²) in [5.41, 5.74) is 0. The number of aromatic nitrogens is 3. The summed E-state index contributed by atoms with van der Waals surface area (Å²) >= 11 is 0. The van der Waals surface area contributed by atoms with Gasteiger partial charge in [-0.1, -0.05) is 0 Å². The predicted octanol–water partition coefficient (Wildman–Crippen LogP) is 1.01. The summed E-state index contributed by atoms with van der Waals surface area (Å²) in [6.45, 7) is 5.94. The van der Waals surface area contributed by atoms with Crippen LogP contribution in [0.1, 0.15) is 42.9 Å². The van der Waals surface area contributed by atoms with Crippen LogP contribution in [-0.2, 0) is 4.74 Å². The summed E-state index contributed by atoms with van der Waals surface area (Å²) in [5.74, 6) is 2.65. The van der Waals surface area contributed by atoms with Crippen LogP contribution < -0.4 is 5.32 Å². The van der Waals surface area contributed by atoms with Crippen molar-refractivity contribution in [3.05, 3.63) is 11.6 Å². The second-order valence-corrected chi connectivity index (χ2v) is 5.02. The van der Waals surface area contributed by atoms with Gasteiger partial charge in [-0.25, -0.2) is 0 Å². The first-order valence-corrected chi connectivity index (χ1v) is 6.56. The number of rotatable bonds is 2. The predicted molar refractivity (Wildman–Crippen MR) is 64.1 cm³/mol. The molecule has 3 heterocycles. The van der Waals surface area contributed by atoms with E-state index in [4.69, 9.17) is 4.74 Å². The lowest BCUT2D eigenvalue weighted by atomic mass is 10.0. The van der Waals surface area contributed by atoms with Crippen LogP contribution in [0.25, 0.3) is 0 Å². The third-order valence-corrected chi connectivity index (χ3v) is 3.86. The van der Waals surface area contributed by atoms with Crippen LogP contribution >= 0.6 is 0 Å². The zero-order valence-corrected chi connectivity index (χ0v) is 10.4. The maximum atomic E-state index is 5.47. The van der Waals surface area contributed by atoms with Gasteiger partial charge in [-0.15, -0.1) is 10.2 Å². The molecule has 2 saturated heterocycles. The van der Waals surface area contributed by atoms with E-state index in [0.717, 1.165) is 44.4 Å². The fourth-order valence-electron chi connectivity index (χ4n) is 2.92. The largest absolute Gasteiger partial charge is 0.381 e. The summed E-state index contributed by atoms with van der Waals surface area (Å²) in [4.78, 5) is 0. The van der Waals surface area contributed by atoms with E-state index in [1.54, 1.807) is 0 Å². The molecule has 94 valence electrons. The lowest BCUT2D eigenvalue weighted by Gasteiger charge is -2.27. The summed E-state index contributed by atoms with van der Waals surface area (Å²) < 4.78 is 7.83. The van der Waals surface area contributed by atoms with Crippen molar-refractivity contribution in [2.45, 2.75) is 38.1 Å². The van der Waals surface area contributed by atoms with E-state index >= 15 is 0 Å². The fourth-order valence-corrected chi connectivity index (χ4v) is 2.92. The molecule has 1 aromatic heterocycles. The standard InChI is InChI=1S/C12H20N4O/c1-9-14-15-12(10-4-7-17-8-10)16(9)11-2-5-13-6-3-11/h10-11,13H,2-8H2,1H3. The Labute approximate surface area is 102 Å². The minimum atomic E-state index is 0.450. The maximum Gasteiger partial charge on any atom is 0.138 e. The van der Waals surface area contributed by atoms with E-state index in [1.165, 1.54) is 12.8 Å². The average Bonchev–Trinajstić information content (AvgIpc) is 2.98. The smallest absolute Gasteiger partial charge is 0.138 e. The Balaban J connectivity index is 1.88. The Morgan fingerprint density at radius 1 is 1.24 bits per heavy atom. The number of ether oxygens (including phenoxy) is 1. The SMILES string of the molecule is Cc1nnc(C2CCOC2)n1C1CCNCC1. The molecule has 0 spiro atoms. The molecule has 5 heteroatoms. The molecule has 2 aliphatic heterocycles. The zero-order valence-electron chi connectivity index (χ0n) is 10.4. The van der Waals surface area contributed by atoms with Crippen LogP contribution in [0, 0.1) is 6.92 Å². The van der Waals surface area contributed by atoms with Crippen molar-refractivity contribution in [1.82, 2.24) is 20.1 Å². The quantitative estimate of drug-likeness (QED) is 0.833. The summed E-state index contributed by atoms with van der Waals surface area (Å²) in [7, 11) is 0. The molecule has 0 amide bonds. The first-order chi connectivity index (χ1) is 8.36. The molecule has 0 aromatic carbocycles. The Bertz CT molecular complexity index is 378. The Morgan fingerprint density at radius 3 is 2.76 bits per heavy atom. The Hall–Kier alpha value is -0.940. The number of hydrogen-bond acceptors (Lipinski definition) is 4. The third kappa shape index (κ3) is 2.09. The van der Waals surface area contributed by atoms with Crippen LogP contribution in [0.3, 0.4) is 0 Å². The molecule has 3 rings (SSSR count). The van der Waals surface area contributed by atoms with E-state index in [-0.39, 0.29) is 0 Å². The Morgan fingerprint density at radius 2 is 2.06 bits per heavy atom. The summed E-state index contributed by atoms with van der Waals surface area (Å²) in [5, 5.41) is 12.1. The van der Waals surface area contributed by atoms with Crippen LogP contribution in [0.5, 0.6) is 0 Å². The van der Waals surface area contributed by atoms with Gasteiger partial charge in [0, 0.05) is 18.6 Å². The second kappa shape index (κ2) is 4.74. The van der Waals surface area contributed by atoms with Gasteiger partial charge < -0.3 is 14.6 Å². The summed E-state index contributed by atoms with van der Waals surface area (Å²) in [6.07, 6.45) is 3.45. The molecule has 1 atom stereocenters. The minimum absolute atomic E-state index is 0.450. The molecule has 0 radical (unpaired) electrons. The van der Waals surface area contributed by atoms with Crippen LogP contribution in [-0.4, -0.2) is 41.1 Å². The average molecular weight is 236 g/mol. The van der Waals surface area contributed by atoms with Gasteiger partial charge in [0.05, 0.1) is 6.61 Å². The molecular weight excluding hydrogens is 216 g/mol. The molecule has 17 heavy (non-hydrogen) atoms. The highest BCUT2D eigenvalue weighted by atomic mass is 16.5. The third-order valence-electron chi connectivity index (χ3n) is 3.86. The molecule has 2 fully saturated rings. The van der Waals surface area contributed by atoms with E-state index in [1.807, 2.05) is 0 Å². The van der Waals surface area contributed by atoms with Gasteiger partial charge in [0.1, 0.15) is 11.6 Å². The molecule has 2 aliphatic rings. The van der Waals surface area contributed by atoms with Gasteiger partial charge in [0.2, 0.25) is 0 Å². The lowest BCUT2D eigenvalue weighted by molar-refractivity contribution is 0.192. The molecular formula is C12H20N4O. The molecule has 1 N–H and O–H groups in total. The van der Waals surface area contributed by atoms with E-state index in [0.29, 0.717) is 12.0 Å². The molecule has 1 unspecified atom stereocenters. The highest BCUT2D eigenvalue weighted by Crippen LogP contribution is 2.29. The fraction of sp³-hybridized carbons (Fsp3) is 0.833. The van der Waals surface area contributed by atoms with Crippen LogP contribution in [0.15, 0.2) is 0 Å². The number of aryl methyl sites for hydroxylation is 1. The highest BCUT2D eigenvalue weighted by molar-refractivity contribution is 5.05. The normalized spacial score (nSPS) is 26.5. The second-order valence-electron chi connectivity index (χ2n) is 5.02. The van der Waals surface area contributed by atoms with Gasteiger partial charge in [-0.05, 0) is 39.3 Å². The van der Waals surface area contributed by atoms with Gasteiger partial charge in [-0.2, -0.15) is 0 Å². The van der Waals surface area contributed by atoms with E-state index < -0.39 is 0 Å². The minimum Gasteiger partial charge on any atom is -0.381 e. The monoisotopic (exact) mass is 236 g/mol. The molecule has 0 aliphatic carbocycles. The first-order valence-electron chi connectivity index (χ1n) is 6.56. The van der Waals surface area contributed by atoms with Crippen molar-refractivity contribution in [3.8, 4) is 0 Å².